The molecule has 0 amide bonds. The van der Waals surface area contributed by atoms with Gasteiger partial charge in [-0.05, 0) is 24.3 Å². The average Bonchev–Trinajstić information content (AvgIpc) is 2.88. The maximum absolute atomic E-state index is 10.7. The fourth-order valence-electron chi connectivity index (χ4n) is 1.98. The first-order chi connectivity index (χ1) is 10.0. The van der Waals surface area contributed by atoms with Crippen molar-refractivity contribution < 1.29 is 9.90 Å². The van der Waals surface area contributed by atoms with Crippen molar-refractivity contribution in [1.29, 1.82) is 0 Å². The van der Waals surface area contributed by atoms with Gasteiger partial charge in [-0.1, -0.05) is 25.4 Å². The number of carboxylic acids is 1. The van der Waals surface area contributed by atoms with Gasteiger partial charge in [0, 0.05) is 29.5 Å². The van der Waals surface area contributed by atoms with Crippen LogP contribution in [0.1, 0.15) is 31.1 Å². The molecule has 1 heterocycles. The molecule has 6 heteroatoms. The molecule has 0 aliphatic heterocycles. The fourth-order valence-corrected chi connectivity index (χ4v) is 2.16. The van der Waals surface area contributed by atoms with Gasteiger partial charge in [0.25, 0.3) is 0 Å². The number of aryl methyl sites for hydroxylation is 2. The third-order valence-corrected chi connectivity index (χ3v) is 3.21. The minimum absolute atomic E-state index is 0.540. The van der Waals surface area contributed by atoms with Crippen molar-refractivity contribution in [2.24, 2.45) is 0 Å². The van der Waals surface area contributed by atoms with Gasteiger partial charge in [-0.15, -0.1) is 0 Å². The molecule has 21 heavy (non-hydrogen) atoms. The van der Waals surface area contributed by atoms with E-state index in [0.29, 0.717) is 10.6 Å². The van der Waals surface area contributed by atoms with Gasteiger partial charge in [-0.2, -0.15) is 5.10 Å². The predicted molar refractivity (Wildman–Crippen MR) is 81.8 cm³/mol. The summed E-state index contributed by atoms with van der Waals surface area (Å²) in [4.78, 5) is 15.2. The Morgan fingerprint density at radius 2 is 2.14 bits per heavy atom. The quantitative estimate of drug-likeness (QED) is 0.862. The maximum atomic E-state index is 10.7. The first kappa shape index (κ1) is 15.3. The van der Waals surface area contributed by atoms with Crippen LogP contribution >= 0.6 is 11.6 Å². The largest absolute Gasteiger partial charge is 0.478 e. The van der Waals surface area contributed by atoms with Crippen molar-refractivity contribution in [3.05, 3.63) is 46.5 Å². The van der Waals surface area contributed by atoms with E-state index in [1.54, 1.807) is 16.8 Å². The molecule has 1 N–H and O–H groups in total. The first-order valence-corrected chi connectivity index (χ1v) is 7.08. The van der Waals surface area contributed by atoms with Gasteiger partial charge in [0.05, 0.1) is 5.69 Å². The van der Waals surface area contributed by atoms with Crippen molar-refractivity contribution in [2.45, 2.75) is 26.7 Å². The summed E-state index contributed by atoms with van der Waals surface area (Å²) in [6.45, 7) is 3.99. The lowest BCUT2D eigenvalue weighted by molar-refractivity contribution is -0.131. The van der Waals surface area contributed by atoms with Crippen LogP contribution in [0.2, 0.25) is 5.02 Å². The normalized spacial score (nSPS) is 11.2. The summed E-state index contributed by atoms with van der Waals surface area (Å²) in [5.41, 5.74) is 1.45. The Hall–Kier alpha value is -2.14. The lowest BCUT2D eigenvalue weighted by atomic mass is 10.1. The van der Waals surface area contributed by atoms with Gasteiger partial charge in [0.15, 0.2) is 5.82 Å². The Labute approximate surface area is 127 Å². The molecule has 0 spiro atoms. The van der Waals surface area contributed by atoms with Gasteiger partial charge in [0.1, 0.15) is 5.82 Å². The van der Waals surface area contributed by atoms with Crippen LogP contribution < -0.4 is 0 Å². The Bertz CT molecular complexity index is 692. The van der Waals surface area contributed by atoms with E-state index >= 15 is 0 Å². The average molecular weight is 306 g/mol. The van der Waals surface area contributed by atoms with E-state index in [0.717, 1.165) is 36.3 Å². The number of aromatic nitrogens is 3. The molecular weight excluding hydrogens is 290 g/mol. The van der Waals surface area contributed by atoms with Crippen LogP contribution in [0.25, 0.3) is 11.8 Å². The van der Waals surface area contributed by atoms with Crippen LogP contribution in [0.3, 0.4) is 0 Å². The second-order valence-electron chi connectivity index (χ2n) is 4.44. The smallest absolute Gasteiger partial charge is 0.328 e. The summed E-state index contributed by atoms with van der Waals surface area (Å²) >= 11 is 6.00. The van der Waals surface area contributed by atoms with E-state index in [2.05, 4.69) is 10.1 Å². The molecule has 0 saturated carbocycles. The summed E-state index contributed by atoms with van der Waals surface area (Å²) in [5, 5.41) is 13.8. The molecule has 2 rings (SSSR count). The first-order valence-electron chi connectivity index (χ1n) is 6.70. The SMILES string of the molecule is CCc1nc(CC)n(-c2ccc(Cl)cc2/C=C/C(=O)O)n1. The van der Waals surface area contributed by atoms with Gasteiger partial charge < -0.3 is 5.11 Å². The minimum Gasteiger partial charge on any atom is -0.478 e. The van der Waals surface area contributed by atoms with Crippen LogP contribution in [0, 0.1) is 0 Å². The molecule has 0 atom stereocenters. The molecule has 1 aromatic carbocycles. The third-order valence-electron chi connectivity index (χ3n) is 2.97. The van der Waals surface area contributed by atoms with Gasteiger partial charge >= 0.3 is 5.97 Å². The van der Waals surface area contributed by atoms with E-state index in [1.165, 1.54) is 6.08 Å². The van der Waals surface area contributed by atoms with Crippen LogP contribution in [-0.2, 0) is 17.6 Å². The van der Waals surface area contributed by atoms with Crippen LogP contribution in [-0.4, -0.2) is 25.8 Å². The summed E-state index contributed by atoms with van der Waals surface area (Å²) in [5.74, 6) is 0.582. The van der Waals surface area contributed by atoms with Gasteiger partial charge in [0.2, 0.25) is 0 Å². The van der Waals surface area contributed by atoms with Crippen molar-refractivity contribution in [3.63, 3.8) is 0 Å². The van der Waals surface area contributed by atoms with Gasteiger partial charge in [-0.25, -0.2) is 14.5 Å². The summed E-state index contributed by atoms with van der Waals surface area (Å²) in [6, 6.07) is 5.28. The number of hydrogen-bond acceptors (Lipinski definition) is 3. The summed E-state index contributed by atoms with van der Waals surface area (Å²) < 4.78 is 1.75. The second-order valence-corrected chi connectivity index (χ2v) is 4.87. The Morgan fingerprint density at radius 1 is 1.38 bits per heavy atom. The topological polar surface area (TPSA) is 68.0 Å². The van der Waals surface area contributed by atoms with Crippen molar-refractivity contribution >= 4 is 23.6 Å². The number of nitrogens with zero attached hydrogens (tertiary/aromatic N) is 3. The standard InChI is InChI=1S/C15H16ClN3O2/c1-3-13-17-14(4-2)19(18-13)12-7-6-11(16)9-10(12)5-8-15(20)21/h5-9H,3-4H2,1-2H3,(H,20,21)/b8-5+. The number of benzene rings is 1. The number of carboxylic acid groups (broad SMARTS) is 1. The molecule has 110 valence electrons. The molecule has 0 unspecified atom stereocenters. The Kier molecular flexibility index (Phi) is 4.75. The molecule has 2 aromatic rings. The third kappa shape index (κ3) is 3.49. The molecule has 0 aliphatic rings. The second kappa shape index (κ2) is 6.54. The maximum Gasteiger partial charge on any atom is 0.328 e. The monoisotopic (exact) mass is 305 g/mol. The number of rotatable bonds is 5. The number of hydrogen-bond donors (Lipinski definition) is 1. The number of halogens is 1. The van der Waals surface area contributed by atoms with E-state index < -0.39 is 5.97 Å². The van der Waals surface area contributed by atoms with Crippen molar-refractivity contribution in [1.82, 2.24) is 14.8 Å². The van der Waals surface area contributed by atoms with Crippen LogP contribution in [0.15, 0.2) is 24.3 Å². The molecule has 0 fully saturated rings. The van der Waals surface area contributed by atoms with Crippen molar-refractivity contribution in [3.8, 4) is 5.69 Å². The fraction of sp³-hybridized carbons (Fsp3) is 0.267. The van der Waals surface area contributed by atoms with Gasteiger partial charge in [-0.3, -0.25) is 0 Å². The molecule has 0 saturated heterocycles. The van der Waals surface area contributed by atoms with Crippen LogP contribution in [0.4, 0.5) is 0 Å². The van der Waals surface area contributed by atoms with E-state index in [1.807, 2.05) is 19.9 Å². The molecular formula is C15H16ClN3O2. The number of carbonyl (C=O) groups is 1. The molecule has 0 aliphatic carbocycles. The van der Waals surface area contributed by atoms with E-state index in [4.69, 9.17) is 16.7 Å². The van der Waals surface area contributed by atoms with E-state index in [9.17, 15) is 4.79 Å². The molecule has 1 aromatic heterocycles. The zero-order valence-electron chi connectivity index (χ0n) is 11.9. The molecule has 5 nitrogen and oxygen atoms in total. The van der Waals surface area contributed by atoms with Crippen molar-refractivity contribution in [2.75, 3.05) is 0 Å². The highest BCUT2D eigenvalue weighted by molar-refractivity contribution is 6.30. The lowest BCUT2D eigenvalue weighted by Gasteiger charge is -2.08. The predicted octanol–water partition coefficient (Wildman–Crippen LogP) is 3.14. The zero-order chi connectivity index (χ0) is 15.4. The summed E-state index contributed by atoms with van der Waals surface area (Å²) in [7, 11) is 0. The zero-order valence-corrected chi connectivity index (χ0v) is 12.6. The summed E-state index contributed by atoms with van der Waals surface area (Å²) in [6.07, 6.45) is 4.07. The Morgan fingerprint density at radius 3 is 2.76 bits per heavy atom. The lowest BCUT2D eigenvalue weighted by Crippen LogP contribution is -2.04. The highest BCUT2D eigenvalue weighted by atomic mass is 35.5. The molecule has 0 radical (unpaired) electrons. The minimum atomic E-state index is -1.01. The van der Waals surface area contributed by atoms with Crippen LogP contribution in [0.5, 0.6) is 0 Å². The highest BCUT2D eigenvalue weighted by Gasteiger charge is 2.12. The molecule has 0 bridgehead atoms. The highest BCUT2D eigenvalue weighted by Crippen LogP contribution is 2.22. The van der Waals surface area contributed by atoms with E-state index in [-0.39, 0.29) is 0 Å². The Balaban J connectivity index is 2.57. The number of aliphatic carboxylic acids is 1.